The molecule has 1 amide bonds. The summed E-state index contributed by atoms with van der Waals surface area (Å²) in [4.78, 5) is 15.8. The van der Waals surface area contributed by atoms with Gasteiger partial charge in [-0.3, -0.25) is 9.78 Å². The summed E-state index contributed by atoms with van der Waals surface area (Å²) < 4.78 is 0. The summed E-state index contributed by atoms with van der Waals surface area (Å²) in [5.74, 6) is 0.0110. The third-order valence-electron chi connectivity index (χ3n) is 2.90. The van der Waals surface area contributed by atoms with E-state index in [-0.39, 0.29) is 5.91 Å². The fraction of sp³-hybridized carbons (Fsp3) is 0.250. The third kappa shape index (κ3) is 5.20. The van der Waals surface area contributed by atoms with Crippen LogP contribution in [0, 0.1) is 0 Å². The number of pyridine rings is 1. The Bertz CT molecular complexity index is 466. The molecule has 1 aromatic heterocycles. The van der Waals surface area contributed by atoms with Gasteiger partial charge < -0.3 is 10.6 Å². The normalized spacial score (nSPS) is 10.2. The van der Waals surface area contributed by atoms with E-state index in [2.05, 4.69) is 27.8 Å². The largest absolute Gasteiger partial charge is 0.355 e. The van der Waals surface area contributed by atoms with Gasteiger partial charge in [0.15, 0.2) is 0 Å². The zero-order valence-electron chi connectivity index (χ0n) is 11.4. The van der Waals surface area contributed by atoms with E-state index in [4.69, 9.17) is 0 Å². The first-order valence-electron chi connectivity index (χ1n) is 6.76. The summed E-state index contributed by atoms with van der Waals surface area (Å²) in [6, 6.07) is 15.9. The van der Waals surface area contributed by atoms with Crippen LogP contribution in [0.15, 0.2) is 54.7 Å². The Morgan fingerprint density at radius 3 is 2.60 bits per heavy atom. The quantitative estimate of drug-likeness (QED) is 0.801. The molecule has 104 valence electrons. The standard InChI is InChI=1S/C16H19N3O/c20-16(13-17-12-15-8-4-5-10-18-15)19-11-9-14-6-2-1-3-7-14/h1-8,10,17H,9,11-13H2,(H,19,20). The van der Waals surface area contributed by atoms with Gasteiger partial charge in [0.2, 0.25) is 5.91 Å². The molecule has 4 heteroatoms. The molecular formula is C16H19N3O. The summed E-state index contributed by atoms with van der Waals surface area (Å²) in [6.45, 7) is 1.58. The predicted octanol–water partition coefficient (Wildman–Crippen LogP) is 1.53. The van der Waals surface area contributed by atoms with Crippen molar-refractivity contribution < 1.29 is 4.79 Å². The molecule has 2 rings (SSSR count). The van der Waals surface area contributed by atoms with Crippen LogP contribution in [0.5, 0.6) is 0 Å². The van der Waals surface area contributed by atoms with E-state index in [0.29, 0.717) is 19.6 Å². The minimum absolute atomic E-state index is 0.0110. The van der Waals surface area contributed by atoms with E-state index in [1.807, 2.05) is 36.4 Å². The van der Waals surface area contributed by atoms with E-state index in [1.54, 1.807) is 6.20 Å². The molecule has 0 aliphatic carbocycles. The maximum atomic E-state index is 11.6. The van der Waals surface area contributed by atoms with Gasteiger partial charge in [0.05, 0.1) is 12.2 Å². The number of rotatable bonds is 7. The van der Waals surface area contributed by atoms with Crippen LogP contribution in [-0.4, -0.2) is 24.0 Å². The molecule has 1 aromatic carbocycles. The minimum Gasteiger partial charge on any atom is -0.355 e. The predicted molar refractivity (Wildman–Crippen MR) is 79.1 cm³/mol. The fourth-order valence-electron chi connectivity index (χ4n) is 1.86. The second kappa shape index (κ2) is 8.07. The monoisotopic (exact) mass is 269 g/mol. The van der Waals surface area contributed by atoms with E-state index in [9.17, 15) is 4.79 Å². The van der Waals surface area contributed by atoms with Gasteiger partial charge in [-0.1, -0.05) is 36.4 Å². The molecule has 2 aromatic rings. The molecular weight excluding hydrogens is 250 g/mol. The van der Waals surface area contributed by atoms with Crippen molar-refractivity contribution in [1.29, 1.82) is 0 Å². The van der Waals surface area contributed by atoms with Crippen molar-refractivity contribution in [2.75, 3.05) is 13.1 Å². The maximum absolute atomic E-state index is 11.6. The Kier molecular flexibility index (Phi) is 5.73. The number of nitrogens with one attached hydrogen (secondary N) is 2. The van der Waals surface area contributed by atoms with Crippen molar-refractivity contribution in [2.24, 2.45) is 0 Å². The van der Waals surface area contributed by atoms with Crippen LogP contribution in [-0.2, 0) is 17.8 Å². The van der Waals surface area contributed by atoms with Gasteiger partial charge >= 0.3 is 0 Å². The number of carbonyl (C=O) groups excluding carboxylic acids is 1. The molecule has 0 radical (unpaired) electrons. The summed E-state index contributed by atoms with van der Waals surface area (Å²) >= 11 is 0. The molecule has 0 saturated carbocycles. The maximum Gasteiger partial charge on any atom is 0.233 e. The average molecular weight is 269 g/mol. The first-order chi connectivity index (χ1) is 9.84. The molecule has 0 spiro atoms. The molecule has 0 atom stereocenters. The highest BCUT2D eigenvalue weighted by Crippen LogP contribution is 1.98. The van der Waals surface area contributed by atoms with Gasteiger partial charge in [-0.25, -0.2) is 0 Å². The van der Waals surface area contributed by atoms with Crippen molar-refractivity contribution in [3.05, 3.63) is 66.0 Å². The van der Waals surface area contributed by atoms with Crippen molar-refractivity contribution in [3.8, 4) is 0 Å². The lowest BCUT2D eigenvalue weighted by atomic mass is 10.1. The van der Waals surface area contributed by atoms with Crippen LogP contribution in [0.1, 0.15) is 11.3 Å². The highest BCUT2D eigenvalue weighted by Gasteiger charge is 2.00. The van der Waals surface area contributed by atoms with Crippen LogP contribution in [0.3, 0.4) is 0 Å². The van der Waals surface area contributed by atoms with Crippen LogP contribution in [0.4, 0.5) is 0 Å². The van der Waals surface area contributed by atoms with E-state index in [1.165, 1.54) is 5.56 Å². The van der Waals surface area contributed by atoms with Crippen LogP contribution in [0.2, 0.25) is 0 Å². The minimum atomic E-state index is 0.0110. The Morgan fingerprint density at radius 1 is 1.05 bits per heavy atom. The molecule has 1 heterocycles. The molecule has 0 saturated heterocycles. The van der Waals surface area contributed by atoms with Gasteiger partial charge in [-0.15, -0.1) is 0 Å². The Hall–Kier alpha value is -2.20. The van der Waals surface area contributed by atoms with E-state index < -0.39 is 0 Å². The van der Waals surface area contributed by atoms with Crippen molar-refractivity contribution in [2.45, 2.75) is 13.0 Å². The lowest BCUT2D eigenvalue weighted by Crippen LogP contribution is -2.34. The molecule has 0 aliphatic rings. The molecule has 0 aliphatic heterocycles. The van der Waals surface area contributed by atoms with E-state index in [0.717, 1.165) is 12.1 Å². The lowest BCUT2D eigenvalue weighted by molar-refractivity contribution is -0.120. The number of carbonyl (C=O) groups is 1. The molecule has 2 N–H and O–H groups in total. The van der Waals surface area contributed by atoms with Crippen LogP contribution in [0.25, 0.3) is 0 Å². The second-order valence-electron chi connectivity index (χ2n) is 4.51. The van der Waals surface area contributed by atoms with Gasteiger partial charge in [-0.2, -0.15) is 0 Å². The lowest BCUT2D eigenvalue weighted by Gasteiger charge is -2.06. The van der Waals surface area contributed by atoms with E-state index >= 15 is 0 Å². The van der Waals surface area contributed by atoms with Crippen molar-refractivity contribution in [1.82, 2.24) is 15.6 Å². The van der Waals surface area contributed by atoms with Crippen molar-refractivity contribution >= 4 is 5.91 Å². The molecule has 0 unspecified atom stereocenters. The Balaban J connectivity index is 1.59. The molecule has 0 bridgehead atoms. The zero-order valence-corrected chi connectivity index (χ0v) is 11.4. The van der Waals surface area contributed by atoms with Crippen molar-refractivity contribution in [3.63, 3.8) is 0 Å². The first-order valence-corrected chi connectivity index (χ1v) is 6.76. The summed E-state index contributed by atoms with van der Waals surface area (Å²) in [5.41, 5.74) is 2.17. The number of nitrogens with zero attached hydrogens (tertiary/aromatic N) is 1. The number of aromatic nitrogens is 1. The summed E-state index contributed by atoms with van der Waals surface area (Å²) in [5, 5.41) is 5.97. The fourth-order valence-corrected chi connectivity index (χ4v) is 1.86. The number of amides is 1. The molecule has 0 fully saturated rings. The highest BCUT2D eigenvalue weighted by atomic mass is 16.1. The Morgan fingerprint density at radius 2 is 1.85 bits per heavy atom. The van der Waals surface area contributed by atoms with Gasteiger partial charge in [-0.05, 0) is 24.1 Å². The summed E-state index contributed by atoms with van der Waals surface area (Å²) in [6.07, 6.45) is 2.60. The van der Waals surface area contributed by atoms with Crippen LogP contribution >= 0.6 is 0 Å². The number of benzene rings is 1. The Labute approximate surface area is 119 Å². The smallest absolute Gasteiger partial charge is 0.233 e. The SMILES string of the molecule is O=C(CNCc1ccccn1)NCCc1ccccc1. The van der Waals surface area contributed by atoms with Gasteiger partial charge in [0, 0.05) is 19.3 Å². The average Bonchev–Trinajstić information content (AvgIpc) is 2.49. The third-order valence-corrected chi connectivity index (χ3v) is 2.90. The van der Waals surface area contributed by atoms with Crippen LogP contribution < -0.4 is 10.6 Å². The zero-order chi connectivity index (χ0) is 14.0. The summed E-state index contributed by atoms with van der Waals surface area (Å²) in [7, 11) is 0. The second-order valence-corrected chi connectivity index (χ2v) is 4.51. The number of hydrogen-bond donors (Lipinski definition) is 2. The van der Waals surface area contributed by atoms with Gasteiger partial charge in [0.25, 0.3) is 0 Å². The molecule has 20 heavy (non-hydrogen) atoms. The molecule has 4 nitrogen and oxygen atoms in total. The number of hydrogen-bond acceptors (Lipinski definition) is 3. The first kappa shape index (κ1) is 14.2. The highest BCUT2D eigenvalue weighted by molar-refractivity contribution is 5.77. The van der Waals surface area contributed by atoms with Gasteiger partial charge in [0.1, 0.15) is 0 Å². The topological polar surface area (TPSA) is 54.0 Å².